The summed E-state index contributed by atoms with van der Waals surface area (Å²) < 4.78 is 0. The Hall–Kier alpha value is -0.0800. The van der Waals surface area contributed by atoms with Crippen LogP contribution in [-0.2, 0) is 0 Å². The van der Waals surface area contributed by atoms with Crippen LogP contribution in [0.1, 0.15) is 65.7 Å². The van der Waals surface area contributed by atoms with E-state index < -0.39 is 0 Å². The van der Waals surface area contributed by atoms with E-state index in [1.165, 1.54) is 19.3 Å². The van der Waals surface area contributed by atoms with Gasteiger partial charge in [0.15, 0.2) is 0 Å². The van der Waals surface area contributed by atoms with Gasteiger partial charge in [0.05, 0.1) is 6.10 Å². The van der Waals surface area contributed by atoms with Crippen LogP contribution in [0.4, 0.5) is 0 Å². The number of aliphatic hydroxyl groups excluding tert-OH is 1. The van der Waals surface area contributed by atoms with Crippen molar-refractivity contribution in [2.75, 3.05) is 6.54 Å². The van der Waals surface area contributed by atoms with Crippen molar-refractivity contribution in [1.82, 2.24) is 0 Å². The molecular weight excluding hydrogens is 210 g/mol. The van der Waals surface area contributed by atoms with Crippen LogP contribution in [0.25, 0.3) is 0 Å². The van der Waals surface area contributed by atoms with Crippen molar-refractivity contribution >= 4 is 0 Å². The molecule has 0 saturated heterocycles. The molecule has 1 aliphatic rings. The minimum absolute atomic E-state index is 0.00954. The Labute approximate surface area is 107 Å². The Morgan fingerprint density at radius 1 is 1.29 bits per heavy atom. The molecule has 1 aliphatic carbocycles. The predicted molar refractivity (Wildman–Crippen MR) is 73.8 cm³/mol. The van der Waals surface area contributed by atoms with Crippen molar-refractivity contribution < 1.29 is 5.11 Å². The highest BCUT2D eigenvalue weighted by Crippen LogP contribution is 2.45. The first-order chi connectivity index (χ1) is 8.13. The van der Waals surface area contributed by atoms with Gasteiger partial charge in [0.1, 0.15) is 0 Å². The Balaban J connectivity index is 2.78. The molecule has 102 valence electrons. The van der Waals surface area contributed by atoms with Crippen LogP contribution in [0.15, 0.2) is 0 Å². The molecule has 0 aromatic carbocycles. The summed E-state index contributed by atoms with van der Waals surface area (Å²) in [5, 5.41) is 10.7. The first-order valence-corrected chi connectivity index (χ1v) is 7.51. The van der Waals surface area contributed by atoms with Gasteiger partial charge in [0.2, 0.25) is 0 Å². The lowest BCUT2D eigenvalue weighted by Gasteiger charge is -2.46. The zero-order valence-corrected chi connectivity index (χ0v) is 11.9. The minimum atomic E-state index is -0.197. The van der Waals surface area contributed by atoms with Gasteiger partial charge in [-0.05, 0) is 24.7 Å². The van der Waals surface area contributed by atoms with Gasteiger partial charge < -0.3 is 10.8 Å². The van der Waals surface area contributed by atoms with E-state index in [-0.39, 0.29) is 11.5 Å². The van der Waals surface area contributed by atoms with Gasteiger partial charge in [-0.2, -0.15) is 0 Å². The molecule has 1 saturated carbocycles. The third-order valence-corrected chi connectivity index (χ3v) is 5.09. The van der Waals surface area contributed by atoms with Crippen molar-refractivity contribution in [3.8, 4) is 0 Å². The van der Waals surface area contributed by atoms with E-state index in [1.54, 1.807) is 0 Å². The Kier molecular flexibility index (Phi) is 5.94. The lowest BCUT2D eigenvalue weighted by Crippen LogP contribution is -2.48. The number of hydrogen-bond acceptors (Lipinski definition) is 2. The third kappa shape index (κ3) is 3.23. The van der Waals surface area contributed by atoms with E-state index in [4.69, 9.17) is 5.73 Å². The number of nitrogens with two attached hydrogens (primary N) is 1. The monoisotopic (exact) mass is 241 g/mol. The molecule has 3 unspecified atom stereocenters. The fourth-order valence-corrected chi connectivity index (χ4v) is 3.68. The molecule has 3 N–H and O–H groups in total. The van der Waals surface area contributed by atoms with Gasteiger partial charge in [-0.25, -0.2) is 0 Å². The van der Waals surface area contributed by atoms with Crippen molar-refractivity contribution in [3.63, 3.8) is 0 Å². The molecule has 1 fully saturated rings. The SMILES string of the molecule is CCC1CCCC(CN)(C(O)C(CC)CC)C1. The van der Waals surface area contributed by atoms with Crippen LogP contribution < -0.4 is 5.73 Å². The summed E-state index contributed by atoms with van der Waals surface area (Å²) >= 11 is 0. The van der Waals surface area contributed by atoms with Crippen molar-refractivity contribution in [2.24, 2.45) is 23.0 Å². The van der Waals surface area contributed by atoms with Crippen molar-refractivity contribution in [2.45, 2.75) is 71.8 Å². The van der Waals surface area contributed by atoms with Crippen LogP contribution >= 0.6 is 0 Å². The molecule has 0 radical (unpaired) electrons. The zero-order chi connectivity index (χ0) is 12.9. The highest BCUT2D eigenvalue weighted by atomic mass is 16.3. The average molecular weight is 241 g/mol. The van der Waals surface area contributed by atoms with Crippen molar-refractivity contribution in [1.29, 1.82) is 0 Å². The third-order valence-electron chi connectivity index (χ3n) is 5.09. The molecule has 0 bridgehead atoms. The first-order valence-electron chi connectivity index (χ1n) is 7.51. The minimum Gasteiger partial charge on any atom is -0.392 e. The Bertz CT molecular complexity index is 215. The summed E-state index contributed by atoms with van der Waals surface area (Å²) in [6.45, 7) is 7.28. The van der Waals surface area contributed by atoms with Gasteiger partial charge in [-0.1, -0.05) is 52.9 Å². The normalized spacial score (nSPS) is 31.8. The highest BCUT2D eigenvalue weighted by Gasteiger charge is 2.42. The molecule has 0 amide bonds. The predicted octanol–water partition coefficient (Wildman–Crippen LogP) is 3.33. The van der Waals surface area contributed by atoms with Crippen LogP contribution in [0.3, 0.4) is 0 Å². The quantitative estimate of drug-likeness (QED) is 0.749. The fraction of sp³-hybridized carbons (Fsp3) is 1.00. The summed E-state index contributed by atoms with van der Waals surface area (Å²) in [7, 11) is 0. The topological polar surface area (TPSA) is 46.2 Å². The van der Waals surface area contributed by atoms with Crippen LogP contribution in [-0.4, -0.2) is 17.8 Å². The van der Waals surface area contributed by atoms with Crippen LogP contribution in [0.2, 0.25) is 0 Å². The summed E-state index contributed by atoms with van der Waals surface area (Å²) in [6.07, 6.45) is 8.00. The Morgan fingerprint density at radius 3 is 2.41 bits per heavy atom. The molecule has 2 heteroatoms. The molecule has 0 aromatic rings. The molecule has 17 heavy (non-hydrogen) atoms. The van der Waals surface area contributed by atoms with E-state index in [1.807, 2.05) is 0 Å². The summed E-state index contributed by atoms with van der Waals surface area (Å²) in [5.74, 6) is 1.20. The molecule has 0 aromatic heterocycles. The zero-order valence-electron chi connectivity index (χ0n) is 11.9. The molecule has 0 heterocycles. The second-order valence-electron chi connectivity index (χ2n) is 5.96. The van der Waals surface area contributed by atoms with Gasteiger partial charge in [-0.15, -0.1) is 0 Å². The maximum Gasteiger partial charge on any atom is 0.0636 e. The van der Waals surface area contributed by atoms with Gasteiger partial charge in [0, 0.05) is 12.0 Å². The standard InChI is InChI=1S/C15H31NO/c1-4-12-8-7-9-15(10-12,11-16)14(17)13(5-2)6-3/h12-14,17H,4-11,16H2,1-3H3. The van der Waals surface area contributed by atoms with E-state index in [0.717, 1.165) is 31.6 Å². The molecule has 2 nitrogen and oxygen atoms in total. The lowest BCUT2D eigenvalue weighted by atomic mass is 9.63. The molecule has 3 atom stereocenters. The largest absolute Gasteiger partial charge is 0.392 e. The average Bonchev–Trinajstić information content (AvgIpc) is 2.39. The summed E-state index contributed by atoms with van der Waals surface area (Å²) in [5.41, 5.74) is 6.05. The maximum atomic E-state index is 10.7. The molecule has 0 aliphatic heterocycles. The molecular formula is C15H31NO. The van der Waals surface area contributed by atoms with E-state index in [9.17, 15) is 5.11 Å². The van der Waals surface area contributed by atoms with Gasteiger partial charge in [0.25, 0.3) is 0 Å². The second-order valence-corrected chi connectivity index (χ2v) is 5.96. The second kappa shape index (κ2) is 6.75. The summed E-state index contributed by atoms with van der Waals surface area (Å²) in [6, 6.07) is 0. The van der Waals surface area contributed by atoms with Crippen LogP contribution in [0.5, 0.6) is 0 Å². The molecule has 0 spiro atoms. The van der Waals surface area contributed by atoms with Crippen molar-refractivity contribution in [3.05, 3.63) is 0 Å². The molecule has 1 rings (SSSR count). The number of rotatable bonds is 6. The van der Waals surface area contributed by atoms with E-state index in [2.05, 4.69) is 20.8 Å². The smallest absolute Gasteiger partial charge is 0.0636 e. The highest BCUT2D eigenvalue weighted by molar-refractivity contribution is 4.94. The fourth-order valence-electron chi connectivity index (χ4n) is 3.68. The van der Waals surface area contributed by atoms with Gasteiger partial charge >= 0.3 is 0 Å². The van der Waals surface area contributed by atoms with Crippen LogP contribution in [0, 0.1) is 17.3 Å². The number of aliphatic hydroxyl groups is 1. The Morgan fingerprint density at radius 2 is 1.94 bits per heavy atom. The maximum absolute atomic E-state index is 10.7. The first kappa shape index (κ1) is 15.0. The number of hydrogen-bond donors (Lipinski definition) is 2. The van der Waals surface area contributed by atoms with Gasteiger partial charge in [-0.3, -0.25) is 0 Å². The lowest BCUT2D eigenvalue weighted by molar-refractivity contribution is -0.0514. The summed E-state index contributed by atoms with van der Waals surface area (Å²) in [4.78, 5) is 0. The van der Waals surface area contributed by atoms with E-state index >= 15 is 0 Å². The van der Waals surface area contributed by atoms with E-state index in [0.29, 0.717) is 12.5 Å².